The average molecular weight is 355 g/mol. The van der Waals surface area contributed by atoms with Gasteiger partial charge in [-0.1, -0.05) is 41.4 Å². The first-order valence-corrected chi connectivity index (χ1v) is 8.34. The van der Waals surface area contributed by atoms with Crippen molar-refractivity contribution >= 4 is 32.1 Å². The van der Waals surface area contributed by atoms with Gasteiger partial charge in [0.1, 0.15) is 0 Å². The van der Waals surface area contributed by atoms with Crippen molar-refractivity contribution in [2.45, 2.75) is 26.7 Å². The van der Waals surface area contributed by atoms with Gasteiger partial charge in [-0.05, 0) is 30.7 Å². The maximum Gasteiger partial charge on any atom is 1.00 e. The van der Waals surface area contributed by atoms with Gasteiger partial charge in [-0.2, -0.15) is 14.8 Å². The molecule has 20 heavy (non-hydrogen) atoms. The van der Waals surface area contributed by atoms with E-state index in [1.807, 2.05) is 24.3 Å². The van der Waals surface area contributed by atoms with Crippen LogP contribution in [0.3, 0.4) is 0 Å². The van der Waals surface area contributed by atoms with Gasteiger partial charge in [0.2, 0.25) is 0 Å². The fourth-order valence-corrected chi connectivity index (χ4v) is 1.93. The molecule has 0 aliphatic heterocycles. The zero-order valence-electron chi connectivity index (χ0n) is 12.3. The van der Waals surface area contributed by atoms with Gasteiger partial charge in [0.15, 0.2) is 0 Å². The standard InChI is InChI=1S/C10H11BrO3S.C4H9.Li/c1-2-14-15(12,13)8-7-9-3-5-10(11)6-4-9;1-3-4-2;/h3-8H,2H2,1H3;1,3-4H2,2H3;/q;-1;+1. The second kappa shape index (κ2) is 12.7. The SMILES string of the molecule is CCOS(=O)(=O)C=Cc1ccc(Br)cc1.[CH2-]CCC.[Li+]. The molecule has 0 saturated heterocycles. The molecule has 1 rings (SSSR count). The smallest absolute Gasteiger partial charge is 0.343 e. The molecule has 3 nitrogen and oxygen atoms in total. The molecule has 0 N–H and O–H groups in total. The van der Waals surface area contributed by atoms with Crippen LogP contribution in [0, 0.1) is 6.92 Å². The number of halogens is 1. The molecule has 1 aromatic carbocycles. The summed E-state index contributed by atoms with van der Waals surface area (Å²) < 4.78 is 27.8. The second-order valence-electron chi connectivity index (χ2n) is 3.61. The summed E-state index contributed by atoms with van der Waals surface area (Å²) in [6, 6.07) is 7.30. The van der Waals surface area contributed by atoms with Crippen LogP contribution in [0.2, 0.25) is 0 Å². The van der Waals surface area contributed by atoms with Crippen LogP contribution in [0.4, 0.5) is 0 Å². The van der Waals surface area contributed by atoms with Crippen molar-refractivity contribution in [3.63, 3.8) is 0 Å². The van der Waals surface area contributed by atoms with Crippen molar-refractivity contribution in [1.82, 2.24) is 0 Å². The predicted molar refractivity (Wildman–Crippen MR) is 84.0 cm³/mol. The average Bonchev–Trinajstić information content (AvgIpc) is 2.38. The molecule has 6 heteroatoms. The van der Waals surface area contributed by atoms with Crippen molar-refractivity contribution < 1.29 is 31.5 Å². The Labute approximate surface area is 143 Å². The summed E-state index contributed by atoms with van der Waals surface area (Å²) in [7, 11) is -3.53. The number of unbranched alkanes of at least 4 members (excludes halogenated alkanes) is 1. The van der Waals surface area contributed by atoms with Gasteiger partial charge >= 0.3 is 18.9 Å². The van der Waals surface area contributed by atoms with Gasteiger partial charge in [-0.15, -0.1) is 0 Å². The summed E-state index contributed by atoms with van der Waals surface area (Å²) in [5.74, 6) is 0. The van der Waals surface area contributed by atoms with Crippen LogP contribution in [0.25, 0.3) is 6.08 Å². The van der Waals surface area contributed by atoms with Crippen LogP contribution in [-0.2, 0) is 14.3 Å². The fraction of sp³-hybridized carbons (Fsp3) is 0.357. The summed E-state index contributed by atoms with van der Waals surface area (Å²) in [6.07, 6.45) is 3.78. The van der Waals surface area contributed by atoms with E-state index in [-0.39, 0.29) is 25.5 Å². The van der Waals surface area contributed by atoms with Gasteiger partial charge < -0.3 is 6.92 Å². The van der Waals surface area contributed by atoms with Gasteiger partial charge in [-0.25, -0.2) is 0 Å². The van der Waals surface area contributed by atoms with Crippen LogP contribution in [0.1, 0.15) is 32.3 Å². The van der Waals surface area contributed by atoms with Gasteiger partial charge in [0.25, 0.3) is 10.1 Å². The third-order valence-corrected chi connectivity index (χ3v) is 3.50. The van der Waals surface area contributed by atoms with Crippen molar-refractivity contribution in [3.8, 4) is 0 Å². The van der Waals surface area contributed by atoms with Crippen LogP contribution < -0.4 is 18.9 Å². The molecule has 0 spiro atoms. The van der Waals surface area contributed by atoms with Crippen molar-refractivity contribution in [1.29, 1.82) is 0 Å². The fourth-order valence-electron chi connectivity index (χ4n) is 0.939. The molecular weight excluding hydrogens is 335 g/mol. The second-order valence-corrected chi connectivity index (χ2v) is 6.02. The molecule has 0 unspecified atom stereocenters. The molecule has 0 radical (unpaired) electrons. The molecule has 0 aromatic heterocycles. The Morgan fingerprint density at radius 3 is 2.15 bits per heavy atom. The molecule has 1 aromatic rings. The minimum absolute atomic E-state index is 0. The van der Waals surface area contributed by atoms with E-state index in [1.54, 1.807) is 6.92 Å². The molecule has 0 fully saturated rings. The van der Waals surface area contributed by atoms with E-state index in [4.69, 9.17) is 0 Å². The molecule has 0 saturated carbocycles. The van der Waals surface area contributed by atoms with Crippen LogP contribution >= 0.6 is 15.9 Å². The van der Waals surface area contributed by atoms with E-state index < -0.39 is 10.1 Å². The quantitative estimate of drug-likeness (QED) is 0.456. The Hall–Kier alpha value is -0.0526. The first-order chi connectivity index (χ1) is 8.95. The molecule has 108 valence electrons. The Morgan fingerprint density at radius 1 is 1.25 bits per heavy atom. The number of benzene rings is 1. The maximum absolute atomic E-state index is 11.2. The summed E-state index contributed by atoms with van der Waals surface area (Å²) in [6.45, 7) is 7.50. The summed E-state index contributed by atoms with van der Waals surface area (Å²) >= 11 is 3.29. The van der Waals surface area contributed by atoms with Crippen molar-refractivity contribution in [3.05, 3.63) is 46.6 Å². The first-order valence-electron chi connectivity index (χ1n) is 6.07. The summed E-state index contributed by atoms with van der Waals surface area (Å²) in [4.78, 5) is 0. The summed E-state index contributed by atoms with van der Waals surface area (Å²) in [5, 5.41) is 1.06. The van der Waals surface area contributed by atoms with Gasteiger partial charge in [-0.3, -0.25) is 4.18 Å². The molecule has 0 bridgehead atoms. The van der Waals surface area contributed by atoms with Crippen LogP contribution in [0.5, 0.6) is 0 Å². The molecule has 0 atom stereocenters. The van der Waals surface area contributed by atoms with Gasteiger partial charge in [0, 0.05) is 4.47 Å². The third-order valence-electron chi connectivity index (χ3n) is 1.93. The van der Waals surface area contributed by atoms with E-state index in [0.717, 1.165) is 21.9 Å². The first kappa shape index (κ1) is 22.2. The van der Waals surface area contributed by atoms with Crippen molar-refractivity contribution in [2.75, 3.05) is 6.61 Å². The van der Waals surface area contributed by atoms with E-state index >= 15 is 0 Å². The minimum atomic E-state index is -3.53. The number of hydrogen-bond acceptors (Lipinski definition) is 3. The Kier molecular flexibility index (Phi) is 14.1. The third kappa shape index (κ3) is 11.7. The monoisotopic (exact) mass is 354 g/mol. The molecule has 0 aliphatic rings. The molecular formula is C14H20BrLiO3S. The van der Waals surface area contributed by atoms with E-state index in [9.17, 15) is 8.42 Å². The summed E-state index contributed by atoms with van der Waals surface area (Å²) in [5.41, 5.74) is 0.807. The topological polar surface area (TPSA) is 43.4 Å². The molecule has 0 heterocycles. The molecule has 0 aliphatic carbocycles. The van der Waals surface area contributed by atoms with E-state index in [2.05, 4.69) is 34.0 Å². The minimum Gasteiger partial charge on any atom is -0.343 e. The zero-order valence-corrected chi connectivity index (χ0v) is 14.7. The van der Waals surface area contributed by atoms with Crippen LogP contribution in [0.15, 0.2) is 34.1 Å². The zero-order chi connectivity index (χ0) is 14.7. The number of rotatable bonds is 5. The number of hydrogen-bond donors (Lipinski definition) is 0. The Morgan fingerprint density at radius 2 is 1.75 bits per heavy atom. The van der Waals surface area contributed by atoms with E-state index in [0.29, 0.717) is 0 Å². The van der Waals surface area contributed by atoms with E-state index in [1.165, 1.54) is 12.5 Å². The predicted octanol–water partition coefficient (Wildman–Crippen LogP) is 1.41. The Bertz CT molecular complexity index is 468. The largest absolute Gasteiger partial charge is 1.00 e. The van der Waals surface area contributed by atoms with Crippen LogP contribution in [-0.4, -0.2) is 15.0 Å². The van der Waals surface area contributed by atoms with Gasteiger partial charge in [0.05, 0.1) is 12.0 Å². The Balaban J connectivity index is 0. The molecule has 0 amide bonds. The normalized spacial score (nSPS) is 10.6. The van der Waals surface area contributed by atoms with Crippen molar-refractivity contribution in [2.24, 2.45) is 0 Å². The maximum atomic E-state index is 11.2.